The molecule has 0 aliphatic heterocycles. The molecule has 0 saturated heterocycles. The highest BCUT2D eigenvalue weighted by Crippen LogP contribution is 2.51. The minimum absolute atomic E-state index is 0.178. The second kappa shape index (κ2) is 12.0. The molecule has 33 heavy (non-hydrogen) atoms. The SMILES string of the molecule is C=C(Cl)/C=C\C=C(/F)C1C(CNCc2cccc(OCC)c2)C1C(=O)Nc1cccc(Cl)c1. The number of hydrogen-bond acceptors (Lipinski definition) is 3. The van der Waals surface area contributed by atoms with E-state index in [0.29, 0.717) is 35.4 Å². The van der Waals surface area contributed by atoms with Crippen LogP contribution in [0.1, 0.15) is 12.5 Å². The van der Waals surface area contributed by atoms with Gasteiger partial charge in [0, 0.05) is 28.2 Å². The minimum Gasteiger partial charge on any atom is -0.494 e. The van der Waals surface area contributed by atoms with Crippen LogP contribution in [0.5, 0.6) is 5.75 Å². The van der Waals surface area contributed by atoms with Gasteiger partial charge in [-0.3, -0.25) is 4.79 Å². The summed E-state index contributed by atoms with van der Waals surface area (Å²) in [6.45, 7) is 7.16. The second-order valence-electron chi connectivity index (χ2n) is 7.78. The van der Waals surface area contributed by atoms with Gasteiger partial charge in [0.05, 0.1) is 12.5 Å². The monoisotopic (exact) mass is 488 g/mol. The third-order valence-corrected chi connectivity index (χ3v) is 5.69. The molecule has 174 valence electrons. The first-order valence-electron chi connectivity index (χ1n) is 10.8. The van der Waals surface area contributed by atoms with Crippen LogP contribution < -0.4 is 15.4 Å². The summed E-state index contributed by atoms with van der Waals surface area (Å²) in [6, 6.07) is 14.7. The van der Waals surface area contributed by atoms with Crippen LogP contribution in [0, 0.1) is 17.8 Å². The van der Waals surface area contributed by atoms with E-state index < -0.39 is 11.8 Å². The Hall–Kier alpha value is -2.60. The topological polar surface area (TPSA) is 50.4 Å². The van der Waals surface area contributed by atoms with E-state index in [0.717, 1.165) is 11.3 Å². The second-order valence-corrected chi connectivity index (χ2v) is 8.71. The van der Waals surface area contributed by atoms with Gasteiger partial charge >= 0.3 is 0 Å². The van der Waals surface area contributed by atoms with Crippen molar-refractivity contribution >= 4 is 34.8 Å². The highest BCUT2D eigenvalue weighted by Gasteiger charge is 2.56. The van der Waals surface area contributed by atoms with Gasteiger partial charge in [-0.15, -0.1) is 0 Å². The fourth-order valence-electron chi connectivity index (χ4n) is 3.80. The number of nitrogens with one attached hydrogen (secondary N) is 2. The standard InChI is InChI=1S/C26H27Cl2FN2O2/c1-3-33-21-11-5-8-18(13-21)15-30-16-22-24(23(29)12-4-7-17(2)27)25(22)26(32)31-20-10-6-9-19(28)14-20/h4-14,22,24-25,30H,2-3,15-16H2,1H3,(H,31,32)/b7-4-,23-12-. The summed E-state index contributed by atoms with van der Waals surface area (Å²) in [5, 5.41) is 7.02. The molecule has 3 rings (SSSR count). The number of carbonyl (C=O) groups is 1. The zero-order valence-electron chi connectivity index (χ0n) is 18.4. The summed E-state index contributed by atoms with van der Waals surface area (Å²) in [5.74, 6) is -0.971. The molecule has 0 radical (unpaired) electrons. The molecular weight excluding hydrogens is 462 g/mol. The zero-order chi connectivity index (χ0) is 23.8. The van der Waals surface area contributed by atoms with E-state index in [2.05, 4.69) is 17.2 Å². The fourth-order valence-corrected chi connectivity index (χ4v) is 4.07. The van der Waals surface area contributed by atoms with Gasteiger partial charge in [0.1, 0.15) is 11.6 Å². The summed E-state index contributed by atoms with van der Waals surface area (Å²) in [6.07, 6.45) is 4.34. The van der Waals surface area contributed by atoms with Crippen LogP contribution in [0.2, 0.25) is 5.02 Å². The number of allylic oxidation sites excluding steroid dienone is 5. The summed E-state index contributed by atoms with van der Waals surface area (Å²) < 4.78 is 20.4. The maximum Gasteiger partial charge on any atom is 0.228 e. The van der Waals surface area contributed by atoms with E-state index in [1.807, 2.05) is 31.2 Å². The Morgan fingerprint density at radius 3 is 2.73 bits per heavy atom. The Balaban J connectivity index is 1.66. The van der Waals surface area contributed by atoms with Crippen LogP contribution in [0.15, 0.2) is 84.2 Å². The number of ether oxygens (including phenoxy) is 1. The van der Waals surface area contributed by atoms with Crippen molar-refractivity contribution in [2.45, 2.75) is 13.5 Å². The number of carbonyl (C=O) groups excluding carboxylic acids is 1. The van der Waals surface area contributed by atoms with Crippen molar-refractivity contribution < 1.29 is 13.9 Å². The van der Waals surface area contributed by atoms with E-state index >= 15 is 0 Å². The van der Waals surface area contributed by atoms with Crippen LogP contribution in [0.3, 0.4) is 0 Å². The molecular formula is C26H27Cl2FN2O2. The molecule has 1 saturated carbocycles. The fraction of sp³-hybridized carbons (Fsp3) is 0.269. The van der Waals surface area contributed by atoms with Gasteiger partial charge in [0.25, 0.3) is 0 Å². The molecule has 7 heteroatoms. The lowest BCUT2D eigenvalue weighted by atomic mass is 10.2. The molecule has 4 nitrogen and oxygen atoms in total. The van der Waals surface area contributed by atoms with Crippen molar-refractivity contribution in [2.24, 2.45) is 17.8 Å². The molecule has 1 aliphatic carbocycles. The van der Waals surface area contributed by atoms with Gasteiger partial charge in [-0.25, -0.2) is 4.39 Å². The van der Waals surface area contributed by atoms with Crippen LogP contribution in [-0.2, 0) is 11.3 Å². The maximum absolute atomic E-state index is 14.9. The molecule has 2 N–H and O–H groups in total. The lowest BCUT2D eigenvalue weighted by Gasteiger charge is -2.08. The average Bonchev–Trinajstić information content (AvgIpc) is 3.48. The van der Waals surface area contributed by atoms with E-state index in [1.165, 1.54) is 18.2 Å². The van der Waals surface area contributed by atoms with E-state index in [9.17, 15) is 9.18 Å². The molecule has 0 bridgehead atoms. The molecule has 1 aliphatic rings. The number of benzene rings is 2. The summed E-state index contributed by atoms with van der Waals surface area (Å²) in [5.41, 5.74) is 1.64. The van der Waals surface area contributed by atoms with Crippen molar-refractivity contribution in [1.82, 2.24) is 5.32 Å². The molecule has 0 aromatic heterocycles. The van der Waals surface area contributed by atoms with Gasteiger partial charge in [0.2, 0.25) is 5.91 Å². The Kier molecular flexibility index (Phi) is 9.12. The van der Waals surface area contributed by atoms with Crippen molar-refractivity contribution in [3.8, 4) is 5.75 Å². The first-order valence-corrected chi connectivity index (χ1v) is 11.5. The number of hydrogen-bond donors (Lipinski definition) is 2. The summed E-state index contributed by atoms with van der Waals surface area (Å²) >= 11 is 11.7. The molecule has 2 aromatic carbocycles. The highest BCUT2D eigenvalue weighted by atomic mass is 35.5. The van der Waals surface area contributed by atoms with Crippen molar-refractivity contribution in [2.75, 3.05) is 18.5 Å². The van der Waals surface area contributed by atoms with Crippen molar-refractivity contribution in [1.29, 1.82) is 0 Å². The lowest BCUT2D eigenvalue weighted by molar-refractivity contribution is -0.117. The van der Waals surface area contributed by atoms with E-state index in [1.54, 1.807) is 24.3 Å². The lowest BCUT2D eigenvalue weighted by Crippen LogP contribution is -2.20. The normalized spacial score (nSPS) is 20.0. The van der Waals surface area contributed by atoms with Gasteiger partial charge in [-0.1, -0.05) is 54.1 Å². The summed E-state index contributed by atoms with van der Waals surface area (Å²) in [7, 11) is 0. The molecule has 3 unspecified atom stereocenters. The number of anilines is 1. The Labute approximate surface area is 204 Å². The van der Waals surface area contributed by atoms with Crippen LogP contribution in [-0.4, -0.2) is 19.1 Å². The minimum atomic E-state index is -0.514. The van der Waals surface area contributed by atoms with Crippen molar-refractivity contribution in [3.05, 3.63) is 94.8 Å². The Morgan fingerprint density at radius 2 is 2.00 bits per heavy atom. The van der Waals surface area contributed by atoms with Crippen LogP contribution >= 0.6 is 23.2 Å². The number of halogens is 3. The molecule has 1 amide bonds. The largest absolute Gasteiger partial charge is 0.494 e. The van der Waals surface area contributed by atoms with Gasteiger partial charge in [-0.05, 0) is 67.4 Å². The molecule has 0 heterocycles. The van der Waals surface area contributed by atoms with Crippen LogP contribution in [0.25, 0.3) is 0 Å². The van der Waals surface area contributed by atoms with Gasteiger partial charge in [0.15, 0.2) is 0 Å². The van der Waals surface area contributed by atoms with Crippen LogP contribution in [0.4, 0.5) is 10.1 Å². The first kappa shape index (κ1) is 25.0. The predicted molar refractivity (Wildman–Crippen MR) is 133 cm³/mol. The van der Waals surface area contributed by atoms with E-state index in [-0.39, 0.29) is 17.7 Å². The summed E-state index contributed by atoms with van der Waals surface area (Å²) in [4.78, 5) is 12.9. The number of amides is 1. The smallest absolute Gasteiger partial charge is 0.228 e. The van der Waals surface area contributed by atoms with E-state index in [4.69, 9.17) is 27.9 Å². The van der Waals surface area contributed by atoms with Gasteiger partial charge in [-0.2, -0.15) is 0 Å². The molecule has 2 aromatic rings. The maximum atomic E-state index is 14.9. The van der Waals surface area contributed by atoms with Crippen molar-refractivity contribution in [3.63, 3.8) is 0 Å². The first-order chi connectivity index (χ1) is 15.9. The molecule has 0 spiro atoms. The zero-order valence-corrected chi connectivity index (χ0v) is 19.9. The third-order valence-electron chi connectivity index (χ3n) is 5.33. The average molecular weight is 489 g/mol. The molecule has 1 fully saturated rings. The molecule has 3 atom stereocenters. The predicted octanol–water partition coefficient (Wildman–Crippen LogP) is 6.49. The highest BCUT2D eigenvalue weighted by molar-refractivity contribution is 6.31. The Morgan fingerprint density at radius 1 is 1.21 bits per heavy atom. The van der Waals surface area contributed by atoms with Gasteiger partial charge < -0.3 is 15.4 Å². The Bertz CT molecular complexity index is 1050. The third kappa shape index (κ3) is 7.46. The number of rotatable bonds is 11. The quantitative estimate of drug-likeness (QED) is 0.355.